The van der Waals surface area contributed by atoms with Crippen LogP contribution in [0.3, 0.4) is 0 Å². The number of hydrogen-bond acceptors (Lipinski definition) is 2. The Morgan fingerprint density at radius 2 is 2.11 bits per heavy atom. The fourth-order valence-corrected chi connectivity index (χ4v) is 3.12. The second kappa shape index (κ2) is 5.35. The third-order valence-electron chi connectivity index (χ3n) is 3.93. The Hall–Kier alpha value is -1.32. The smallest absolute Gasteiger partial charge is 0.0954 e. The molecule has 0 saturated heterocycles. The van der Waals surface area contributed by atoms with Gasteiger partial charge in [0, 0.05) is 16.6 Å². The highest BCUT2D eigenvalue weighted by Crippen LogP contribution is 2.32. The van der Waals surface area contributed by atoms with E-state index in [9.17, 15) is 0 Å². The zero-order valence-corrected chi connectivity index (χ0v) is 11.6. The lowest BCUT2D eigenvalue weighted by Gasteiger charge is -2.30. The highest BCUT2D eigenvalue weighted by molar-refractivity contribution is 6.30. The molecule has 1 heterocycles. The van der Waals surface area contributed by atoms with Gasteiger partial charge >= 0.3 is 0 Å². The number of hydrogen-bond donors (Lipinski definition) is 1. The van der Waals surface area contributed by atoms with Gasteiger partial charge in [-0.25, -0.2) is 4.98 Å². The molecule has 1 fully saturated rings. The van der Waals surface area contributed by atoms with Crippen molar-refractivity contribution in [3.63, 3.8) is 0 Å². The van der Waals surface area contributed by atoms with E-state index in [4.69, 9.17) is 17.3 Å². The van der Waals surface area contributed by atoms with Crippen molar-refractivity contribution in [1.29, 1.82) is 0 Å². The molecular weight excluding hydrogens is 258 g/mol. The Balaban J connectivity index is 1.98. The van der Waals surface area contributed by atoms with Crippen LogP contribution in [0.25, 0.3) is 11.3 Å². The molecule has 19 heavy (non-hydrogen) atoms. The van der Waals surface area contributed by atoms with Crippen molar-refractivity contribution in [1.82, 2.24) is 9.55 Å². The lowest BCUT2D eigenvalue weighted by atomic mass is 9.90. The van der Waals surface area contributed by atoms with Gasteiger partial charge in [-0.1, -0.05) is 36.6 Å². The monoisotopic (exact) mass is 275 g/mol. The third kappa shape index (κ3) is 2.53. The number of nitrogens with zero attached hydrogens (tertiary/aromatic N) is 2. The number of benzene rings is 1. The van der Waals surface area contributed by atoms with Crippen molar-refractivity contribution in [3.8, 4) is 11.3 Å². The van der Waals surface area contributed by atoms with E-state index >= 15 is 0 Å². The molecule has 1 aliphatic carbocycles. The number of imidazole rings is 1. The van der Waals surface area contributed by atoms with Crippen LogP contribution in [0.1, 0.15) is 31.7 Å². The zero-order valence-electron chi connectivity index (χ0n) is 10.8. The minimum absolute atomic E-state index is 0.223. The lowest BCUT2D eigenvalue weighted by molar-refractivity contribution is 0.308. The molecule has 1 aromatic heterocycles. The lowest BCUT2D eigenvalue weighted by Crippen LogP contribution is -2.35. The van der Waals surface area contributed by atoms with Gasteiger partial charge in [0.05, 0.1) is 24.3 Å². The summed E-state index contributed by atoms with van der Waals surface area (Å²) in [6.45, 7) is 0. The number of aromatic nitrogens is 2. The molecule has 4 heteroatoms. The topological polar surface area (TPSA) is 43.8 Å². The highest BCUT2D eigenvalue weighted by Gasteiger charge is 2.25. The predicted molar refractivity (Wildman–Crippen MR) is 78.2 cm³/mol. The van der Waals surface area contributed by atoms with Crippen molar-refractivity contribution < 1.29 is 0 Å². The van der Waals surface area contributed by atoms with Crippen LogP contribution in [0, 0.1) is 0 Å². The molecular formula is C15H18ClN3. The third-order valence-corrected chi connectivity index (χ3v) is 4.16. The summed E-state index contributed by atoms with van der Waals surface area (Å²) >= 11 is 6.07. The fourth-order valence-electron chi connectivity index (χ4n) is 2.93. The molecule has 1 aromatic carbocycles. The quantitative estimate of drug-likeness (QED) is 0.909. The normalized spacial score (nSPS) is 23.5. The average Bonchev–Trinajstić information content (AvgIpc) is 2.88. The second-order valence-electron chi connectivity index (χ2n) is 5.21. The maximum absolute atomic E-state index is 6.27. The Labute approximate surface area is 118 Å². The van der Waals surface area contributed by atoms with Gasteiger partial charge in [-0.15, -0.1) is 0 Å². The molecule has 1 aliphatic rings. The Bertz CT molecular complexity index is 564. The maximum Gasteiger partial charge on any atom is 0.0954 e. The fraction of sp³-hybridized carbons (Fsp3) is 0.400. The van der Waals surface area contributed by atoms with E-state index in [2.05, 4.69) is 15.6 Å². The van der Waals surface area contributed by atoms with Gasteiger partial charge in [-0.2, -0.15) is 0 Å². The molecule has 2 atom stereocenters. The molecule has 0 amide bonds. The average molecular weight is 276 g/mol. The molecule has 2 aromatic rings. The Morgan fingerprint density at radius 1 is 1.26 bits per heavy atom. The summed E-state index contributed by atoms with van der Waals surface area (Å²) in [6.07, 6.45) is 8.49. The van der Waals surface area contributed by atoms with Crippen molar-refractivity contribution in [2.24, 2.45) is 5.73 Å². The summed E-state index contributed by atoms with van der Waals surface area (Å²) in [5.41, 5.74) is 8.47. The van der Waals surface area contributed by atoms with Gasteiger partial charge in [-0.05, 0) is 25.0 Å². The summed E-state index contributed by atoms with van der Waals surface area (Å²) < 4.78 is 2.22. The molecule has 100 valence electrons. The Morgan fingerprint density at radius 3 is 2.89 bits per heavy atom. The maximum atomic E-state index is 6.27. The van der Waals surface area contributed by atoms with Crippen molar-refractivity contribution in [2.75, 3.05) is 0 Å². The molecule has 3 nitrogen and oxygen atoms in total. The predicted octanol–water partition coefficient (Wildman–Crippen LogP) is 3.65. The molecule has 2 unspecified atom stereocenters. The van der Waals surface area contributed by atoms with E-state index < -0.39 is 0 Å². The van der Waals surface area contributed by atoms with Crippen LogP contribution in [-0.4, -0.2) is 15.6 Å². The summed E-state index contributed by atoms with van der Waals surface area (Å²) in [7, 11) is 0. The molecule has 0 radical (unpaired) electrons. The first kappa shape index (κ1) is 12.7. The minimum atomic E-state index is 0.223. The van der Waals surface area contributed by atoms with E-state index in [-0.39, 0.29) is 6.04 Å². The van der Waals surface area contributed by atoms with Crippen molar-refractivity contribution in [2.45, 2.75) is 37.8 Å². The Kier molecular flexibility index (Phi) is 3.58. The van der Waals surface area contributed by atoms with Gasteiger partial charge in [0.1, 0.15) is 0 Å². The van der Waals surface area contributed by atoms with Crippen molar-refractivity contribution in [3.05, 3.63) is 41.8 Å². The van der Waals surface area contributed by atoms with Gasteiger partial charge in [0.25, 0.3) is 0 Å². The molecule has 3 rings (SSSR count). The van der Waals surface area contributed by atoms with Crippen LogP contribution in [0.5, 0.6) is 0 Å². The van der Waals surface area contributed by atoms with Gasteiger partial charge < -0.3 is 10.3 Å². The molecule has 0 spiro atoms. The van der Waals surface area contributed by atoms with E-state index in [1.54, 1.807) is 0 Å². The first-order valence-corrected chi connectivity index (χ1v) is 7.17. The second-order valence-corrected chi connectivity index (χ2v) is 5.65. The molecule has 1 saturated carbocycles. The summed E-state index contributed by atoms with van der Waals surface area (Å²) in [6, 6.07) is 8.47. The highest BCUT2D eigenvalue weighted by atomic mass is 35.5. The van der Waals surface area contributed by atoms with Crippen LogP contribution in [0.2, 0.25) is 5.02 Å². The van der Waals surface area contributed by atoms with E-state index in [1.807, 2.05) is 30.7 Å². The van der Waals surface area contributed by atoms with E-state index in [1.165, 1.54) is 12.8 Å². The molecule has 0 bridgehead atoms. The standard InChI is InChI=1S/C15H18ClN3/c16-12-5-3-4-11(8-12)15-9-18-10-19(15)14-7-2-1-6-13(14)17/h3-5,8-10,13-14H,1-2,6-7,17H2. The summed E-state index contributed by atoms with van der Waals surface area (Å²) in [4.78, 5) is 4.30. The molecule has 0 aliphatic heterocycles. The summed E-state index contributed by atoms with van der Waals surface area (Å²) in [5, 5.41) is 0.748. The van der Waals surface area contributed by atoms with Gasteiger partial charge in [0.2, 0.25) is 0 Å². The van der Waals surface area contributed by atoms with E-state index in [0.29, 0.717) is 6.04 Å². The van der Waals surface area contributed by atoms with Crippen LogP contribution in [0.4, 0.5) is 0 Å². The largest absolute Gasteiger partial charge is 0.326 e. The van der Waals surface area contributed by atoms with Crippen LogP contribution >= 0.6 is 11.6 Å². The minimum Gasteiger partial charge on any atom is -0.326 e. The SMILES string of the molecule is NC1CCCCC1n1cncc1-c1cccc(Cl)c1. The van der Waals surface area contributed by atoms with Crippen LogP contribution in [0.15, 0.2) is 36.8 Å². The van der Waals surface area contributed by atoms with Gasteiger partial charge in [-0.3, -0.25) is 0 Å². The van der Waals surface area contributed by atoms with E-state index in [0.717, 1.165) is 29.1 Å². The number of nitrogens with two attached hydrogens (primary N) is 1. The molecule has 2 N–H and O–H groups in total. The summed E-state index contributed by atoms with van der Waals surface area (Å²) in [5.74, 6) is 0. The van der Waals surface area contributed by atoms with Gasteiger partial charge in [0.15, 0.2) is 0 Å². The van der Waals surface area contributed by atoms with Crippen LogP contribution < -0.4 is 5.73 Å². The number of rotatable bonds is 2. The van der Waals surface area contributed by atoms with Crippen LogP contribution in [-0.2, 0) is 0 Å². The zero-order chi connectivity index (χ0) is 13.2. The first-order valence-electron chi connectivity index (χ1n) is 6.79. The van der Waals surface area contributed by atoms with Crippen molar-refractivity contribution >= 4 is 11.6 Å². The first-order chi connectivity index (χ1) is 9.25. The number of halogens is 1.